The number of hydrogen-bond acceptors (Lipinski definition) is 3. The van der Waals surface area contributed by atoms with Crippen molar-refractivity contribution >= 4 is 17.6 Å². The molecule has 2 aliphatic heterocycles. The van der Waals surface area contributed by atoms with E-state index < -0.39 is 0 Å². The van der Waals surface area contributed by atoms with E-state index in [2.05, 4.69) is 46.3 Å². The second kappa shape index (κ2) is 10.2. The lowest BCUT2D eigenvalue weighted by atomic mass is 9.94. The highest BCUT2D eigenvalue weighted by atomic mass is 16.2. The first kappa shape index (κ1) is 22.3. The second-order valence-corrected chi connectivity index (χ2v) is 9.16. The summed E-state index contributed by atoms with van der Waals surface area (Å²) in [7, 11) is 0. The van der Waals surface area contributed by atoms with Gasteiger partial charge in [0.1, 0.15) is 0 Å². The van der Waals surface area contributed by atoms with Gasteiger partial charge in [0, 0.05) is 56.9 Å². The molecule has 1 atom stereocenters. The highest BCUT2D eigenvalue weighted by molar-refractivity contribution is 5.89. The topological polar surface area (TPSA) is 55.9 Å². The summed E-state index contributed by atoms with van der Waals surface area (Å²) < 4.78 is 0. The molecule has 2 aliphatic rings. The third-order valence-electron chi connectivity index (χ3n) is 6.64. The molecule has 2 aromatic carbocycles. The van der Waals surface area contributed by atoms with Crippen LogP contribution in [-0.4, -0.2) is 65.4 Å². The number of amides is 3. The SMILES string of the molecule is Cc1cccc(NC(=O)N2CCC(C(=O)N3CCN(Cc4ccccc4)C[C@H]3C)CC2)c1. The van der Waals surface area contributed by atoms with Gasteiger partial charge >= 0.3 is 6.03 Å². The van der Waals surface area contributed by atoms with Crippen LogP contribution in [0.5, 0.6) is 0 Å². The van der Waals surface area contributed by atoms with Crippen LogP contribution in [0.4, 0.5) is 10.5 Å². The smallest absolute Gasteiger partial charge is 0.321 e. The number of piperazine rings is 1. The van der Waals surface area contributed by atoms with Crippen LogP contribution in [0, 0.1) is 12.8 Å². The lowest BCUT2D eigenvalue weighted by molar-refractivity contribution is -0.141. The van der Waals surface area contributed by atoms with E-state index in [1.165, 1.54) is 5.56 Å². The molecule has 0 saturated carbocycles. The number of hydrogen-bond donors (Lipinski definition) is 1. The Hall–Kier alpha value is -2.86. The van der Waals surface area contributed by atoms with Crippen molar-refractivity contribution in [3.8, 4) is 0 Å². The summed E-state index contributed by atoms with van der Waals surface area (Å²) >= 11 is 0. The summed E-state index contributed by atoms with van der Waals surface area (Å²) in [4.78, 5) is 32.2. The zero-order chi connectivity index (χ0) is 22.5. The minimum atomic E-state index is -0.0793. The lowest BCUT2D eigenvalue weighted by Crippen LogP contribution is -2.56. The zero-order valence-electron chi connectivity index (χ0n) is 19.2. The molecule has 4 rings (SSSR count). The first-order valence-corrected chi connectivity index (χ1v) is 11.7. The molecule has 6 nitrogen and oxygen atoms in total. The Morgan fingerprint density at radius 2 is 1.72 bits per heavy atom. The normalized spacial score (nSPS) is 20.2. The largest absolute Gasteiger partial charge is 0.337 e. The summed E-state index contributed by atoms with van der Waals surface area (Å²) in [5.41, 5.74) is 3.25. The van der Waals surface area contributed by atoms with Crippen LogP contribution >= 0.6 is 0 Å². The number of urea groups is 1. The maximum atomic E-state index is 13.2. The van der Waals surface area contributed by atoms with Crippen molar-refractivity contribution in [2.75, 3.05) is 38.0 Å². The Labute approximate surface area is 191 Å². The van der Waals surface area contributed by atoms with Crippen molar-refractivity contribution in [3.05, 3.63) is 65.7 Å². The number of carbonyl (C=O) groups is 2. The molecule has 32 heavy (non-hydrogen) atoms. The standard InChI is InChI=1S/C26H34N4O2/c1-20-7-6-10-24(17-20)27-26(32)29-13-11-23(12-14-29)25(31)30-16-15-28(18-21(30)2)19-22-8-4-3-5-9-22/h3-10,17,21,23H,11-16,18-19H2,1-2H3,(H,27,32)/t21-/m1/s1. The van der Waals surface area contributed by atoms with Crippen LogP contribution in [-0.2, 0) is 11.3 Å². The molecule has 1 N–H and O–H groups in total. The fraction of sp³-hybridized carbons (Fsp3) is 0.462. The predicted molar refractivity (Wildman–Crippen MR) is 127 cm³/mol. The molecule has 170 valence electrons. The molecule has 0 aromatic heterocycles. The Morgan fingerprint density at radius 1 is 0.969 bits per heavy atom. The van der Waals surface area contributed by atoms with Gasteiger partial charge in [-0.25, -0.2) is 4.79 Å². The van der Waals surface area contributed by atoms with Gasteiger partial charge in [0.15, 0.2) is 0 Å². The Morgan fingerprint density at radius 3 is 2.41 bits per heavy atom. The number of aryl methyl sites for hydroxylation is 1. The van der Waals surface area contributed by atoms with E-state index in [-0.39, 0.29) is 23.9 Å². The predicted octanol–water partition coefficient (Wildman–Crippen LogP) is 3.97. The van der Waals surface area contributed by atoms with Crippen LogP contribution in [0.15, 0.2) is 54.6 Å². The van der Waals surface area contributed by atoms with E-state index in [0.717, 1.165) is 50.3 Å². The van der Waals surface area contributed by atoms with Gasteiger partial charge in [-0.2, -0.15) is 0 Å². The van der Waals surface area contributed by atoms with Crippen LogP contribution in [0.1, 0.15) is 30.9 Å². The molecule has 0 aliphatic carbocycles. The Kier molecular flexibility index (Phi) is 7.10. The molecule has 0 radical (unpaired) electrons. The number of piperidine rings is 1. The number of carbonyl (C=O) groups excluding carboxylic acids is 2. The van der Waals surface area contributed by atoms with E-state index in [4.69, 9.17) is 0 Å². The average Bonchev–Trinajstić information content (AvgIpc) is 2.79. The molecule has 2 heterocycles. The van der Waals surface area contributed by atoms with E-state index >= 15 is 0 Å². The molecule has 2 saturated heterocycles. The van der Waals surface area contributed by atoms with Gasteiger partial charge in [0.25, 0.3) is 0 Å². The van der Waals surface area contributed by atoms with E-state index in [1.54, 1.807) is 0 Å². The molecule has 0 unspecified atom stereocenters. The molecule has 6 heteroatoms. The van der Waals surface area contributed by atoms with Gasteiger partial charge in [0.05, 0.1) is 0 Å². The van der Waals surface area contributed by atoms with Crippen LogP contribution in [0.3, 0.4) is 0 Å². The maximum absolute atomic E-state index is 13.2. The highest BCUT2D eigenvalue weighted by Crippen LogP contribution is 2.23. The lowest BCUT2D eigenvalue weighted by Gasteiger charge is -2.42. The molecule has 2 fully saturated rings. The highest BCUT2D eigenvalue weighted by Gasteiger charge is 2.34. The van der Waals surface area contributed by atoms with Crippen molar-refractivity contribution in [2.24, 2.45) is 5.92 Å². The quantitative estimate of drug-likeness (QED) is 0.792. The van der Waals surface area contributed by atoms with Crippen molar-refractivity contribution in [2.45, 2.75) is 39.3 Å². The van der Waals surface area contributed by atoms with Crippen molar-refractivity contribution in [1.29, 1.82) is 0 Å². The van der Waals surface area contributed by atoms with Crippen molar-refractivity contribution in [1.82, 2.24) is 14.7 Å². The van der Waals surface area contributed by atoms with E-state index in [0.29, 0.717) is 13.1 Å². The third-order valence-corrected chi connectivity index (χ3v) is 6.64. The summed E-state index contributed by atoms with van der Waals surface area (Å²) in [5, 5.41) is 2.98. The number of anilines is 1. The summed E-state index contributed by atoms with van der Waals surface area (Å²) in [6.45, 7) is 8.92. The molecule has 2 aromatic rings. The average molecular weight is 435 g/mol. The minimum absolute atomic E-state index is 0.0149. The molecule has 0 spiro atoms. The molecular weight excluding hydrogens is 400 g/mol. The summed E-state index contributed by atoms with van der Waals surface area (Å²) in [6.07, 6.45) is 1.47. The van der Waals surface area contributed by atoms with Crippen molar-refractivity contribution < 1.29 is 9.59 Å². The molecule has 3 amide bonds. The second-order valence-electron chi connectivity index (χ2n) is 9.16. The minimum Gasteiger partial charge on any atom is -0.337 e. The number of benzene rings is 2. The van der Waals surface area contributed by atoms with Crippen LogP contribution < -0.4 is 5.32 Å². The first-order valence-electron chi connectivity index (χ1n) is 11.7. The monoisotopic (exact) mass is 434 g/mol. The van der Waals surface area contributed by atoms with Crippen LogP contribution in [0.2, 0.25) is 0 Å². The fourth-order valence-corrected chi connectivity index (χ4v) is 4.84. The first-order chi connectivity index (χ1) is 15.5. The summed E-state index contributed by atoms with van der Waals surface area (Å²) in [6, 6.07) is 18.5. The Bertz CT molecular complexity index is 924. The number of nitrogens with zero attached hydrogens (tertiary/aromatic N) is 3. The van der Waals surface area contributed by atoms with E-state index in [1.807, 2.05) is 42.2 Å². The van der Waals surface area contributed by atoms with Gasteiger partial charge in [-0.05, 0) is 49.9 Å². The fourth-order valence-electron chi connectivity index (χ4n) is 4.84. The third kappa shape index (κ3) is 5.49. The maximum Gasteiger partial charge on any atom is 0.321 e. The molecular formula is C26H34N4O2. The van der Waals surface area contributed by atoms with Gasteiger partial charge in [-0.1, -0.05) is 42.5 Å². The summed E-state index contributed by atoms with van der Waals surface area (Å²) in [5.74, 6) is 0.275. The van der Waals surface area contributed by atoms with Gasteiger partial charge in [0.2, 0.25) is 5.91 Å². The van der Waals surface area contributed by atoms with Gasteiger partial charge in [-0.3, -0.25) is 9.69 Å². The van der Waals surface area contributed by atoms with E-state index in [9.17, 15) is 9.59 Å². The van der Waals surface area contributed by atoms with Crippen LogP contribution in [0.25, 0.3) is 0 Å². The number of nitrogens with one attached hydrogen (secondary N) is 1. The zero-order valence-corrected chi connectivity index (χ0v) is 19.2. The van der Waals surface area contributed by atoms with Gasteiger partial charge in [-0.15, -0.1) is 0 Å². The van der Waals surface area contributed by atoms with Gasteiger partial charge < -0.3 is 15.1 Å². The Balaban J connectivity index is 1.25. The number of rotatable bonds is 4. The van der Waals surface area contributed by atoms with Crippen molar-refractivity contribution in [3.63, 3.8) is 0 Å². The molecule has 0 bridgehead atoms. The number of likely N-dealkylation sites (tertiary alicyclic amines) is 1.